The molecule has 0 aromatic carbocycles. The lowest BCUT2D eigenvalue weighted by Crippen LogP contribution is -2.08. The van der Waals surface area contributed by atoms with E-state index in [1.807, 2.05) is 0 Å². The molecule has 1 unspecified atom stereocenters. The normalized spacial score (nSPS) is 21.5. The van der Waals surface area contributed by atoms with Gasteiger partial charge in [0.05, 0.1) is 0 Å². The van der Waals surface area contributed by atoms with E-state index in [2.05, 4.69) is 13.8 Å². The third-order valence-electron chi connectivity index (χ3n) is 1.64. The fourth-order valence-electron chi connectivity index (χ4n) is 0.987. The molecule has 1 saturated carbocycles. The third-order valence-corrected chi connectivity index (χ3v) is 3.52. The molecular weight excluding hydrogens is 144 g/mol. The first-order valence-electron chi connectivity index (χ1n) is 4.03. The molecule has 1 atom stereocenters. The first-order chi connectivity index (χ1) is 4.68. The van der Waals surface area contributed by atoms with E-state index in [0.717, 1.165) is 17.4 Å². The van der Waals surface area contributed by atoms with Crippen LogP contribution in [0.1, 0.15) is 26.7 Å². The Morgan fingerprint density at radius 2 is 2.10 bits per heavy atom. The SMILES string of the molecule is CC(C)CS(=O)CC1CC1. The minimum absolute atomic E-state index is 0.518. The predicted octanol–water partition coefficient (Wildman–Crippen LogP) is 1.80. The van der Waals surface area contributed by atoms with Crippen LogP contribution in [0.4, 0.5) is 0 Å². The van der Waals surface area contributed by atoms with Gasteiger partial charge >= 0.3 is 0 Å². The van der Waals surface area contributed by atoms with Crippen LogP contribution >= 0.6 is 0 Å². The van der Waals surface area contributed by atoms with Crippen LogP contribution < -0.4 is 0 Å². The van der Waals surface area contributed by atoms with Gasteiger partial charge in [-0.2, -0.15) is 0 Å². The smallest absolute Gasteiger partial charge is 0.0263 e. The summed E-state index contributed by atoms with van der Waals surface area (Å²) >= 11 is 0. The third kappa shape index (κ3) is 3.35. The highest BCUT2D eigenvalue weighted by atomic mass is 32.2. The van der Waals surface area contributed by atoms with Gasteiger partial charge in [0.25, 0.3) is 0 Å². The van der Waals surface area contributed by atoms with Gasteiger partial charge in [-0.05, 0) is 24.7 Å². The predicted molar refractivity (Wildman–Crippen MR) is 45.4 cm³/mol. The fraction of sp³-hybridized carbons (Fsp3) is 1.00. The van der Waals surface area contributed by atoms with Crippen LogP contribution in [0.25, 0.3) is 0 Å². The van der Waals surface area contributed by atoms with E-state index in [1.54, 1.807) is 0 Å². The van der Waals surface area contributed by atoms with Gasteiger partial charge in [0.1, 0.15) is 0 Å². The number of hydrogen-bond donors (Lipinski definition) is 0. The summed E-state index contributed by atoms with van der Waals surface area (Å²) in [6.07, 6.45) is 2.65. The highest BCUT2D eigenvalue weighted by Gasteiger charge is 2.23. The molecule has 1 nitrogen and oxygen atoms in total. The lowest BCUT2D eigenvalue weighted by molar-refractivity contribution is 0.661. The molecule has 0 heterocycles. The molecule has 2 heteroatoms. The van der Waals surface area contributed by atoms with Crippen molar-refractivity contribution in [1.29, 1.82) is 0 Å². The molecule has 0 amide bonds. The molecule has 0 N–H and O–H groups in total. The van der Waals surface area contributed by atoms with Gasteiger partial charge in [-0.3, -0.25) is 4.21 Å². The van der Waals surface area contributed by atoms with E-state index in [4.69, 9.17) is 0 Å². The van der Waals surface area contributed by atoms with E-state index in [0.29, 0.717) is 5.92 Å². The molecule has 0 saturated heterocycles. The van der Waals surface area contributed by atoms with Gasteiger partial charge in [0.2, 0.25) is 0 Å². The topological polar surface area (TPSA) is 17.1 Å². The summed E-state index contributed by atoms with van der Waals surface area (Å²) in [6.45, 7) is 4.26. The van der Waals surface area contributed by atoms with Crippen molar-refractivity contribution in [2.75, 3.05) is 11.5 Å². The van der Waals surface area contributed by atoms with Gasteiger partial charge in [0.15, 0.2) is 0 Å². The largest absolute Gasteiger partial charge is 0.260 e. The second kappa shape index (κ2) is 3.51. The average molecular weight is 160 g/mol. The molecule has 1 rings (SSSR count). The Morgan fingerprint density at radius 1 is 1.50 bits per heavy atom. The van der Waals surface area contributed by atoms with E-state index >= 15 is 0 Å². The molecule has 1 aliphatic rings. The summed E-state index contributed by atoms with van der Waals surface area (Å²) in [5.41, 5.74) is 0. The molecule has 0 aromatic heterocycles. The monoisotopic (exact) mass is 160 g/mol. The lowest BCUT2D eigenvalue weighted by atomic mass is 10.3. The Bertz CT molecular complexity index is 121. The van der Waals surface area contributed by atoms with Crippen molar-refractivity contribution in [2.24, 2.45) is 11.8 Å². The van der Waals surface area contributed by atoms with Crippen molar-refractivity contribution in [3.63, 3.8) is 0 Å². The Labute approximate surface area is 65.7 Å². The zero-order chi connectivity index (χ0) is 7.56. The first-order valence-corrected chi connectivity index (χ1v) is 5.52. The maximum Gasteiger partial charge on any atom is 0.0263 e. The van der Waals surface area contributed by atoms with Gasteiger partial charge < -0.3 is 0 Å². The number of rotatable bonds is 4. The minimum Gasteiger partial charge on any atom is -0.260 e. The Hall–Kier alpha value is 0.150. The van der Waals surface area contributed by atoms with Crippen molar-refractivity contribution in [2.45, 2.75) is 26.7 Å². The molecule has 0 spiro atoms. The van der Waals surface area contributed by atoms with Gasteiger partial charge in [0, 0.05) is 22.3 Å². The quantitative estimate of drug-likeness (QED) is 0.613. The van der Waals surface area contributed by atoms with Crippen molar-refractivity contribution in [1.82, 2.24) is 0 Å². The molecule has 1 aliphatic carbocycles. The summed E-state index contributed by atoms with van der Waals surface area (Å²) in [4.78, 5) is 0. The highest BCUT2D eigenvalue weighted by molar-refractivity contribution is 7.85. The van der Waals surface area contributed by atoms with Crippen LogP contribution in [0, 0.1) is 11.8 Å². The second-order valence-electron chi connectivity index (χ2n) is 3.61. The summed E-state index contributed by atoms with van der Waals surface area (Å²) in [5, 5.41) is 0. The zero-order valence-corrected chi connectivity index (χ0v) is 7.62. The first kappa shape index (κ1) is 8.25. The highest BCUT2D eigenvalue weighted by Crippen LogP contribution is 2.29. The van der Waals surface area contributed by atoms with Crippen molar-refractivity contribution in [3.8, 4) is 0 Å². The van der Waals surface area contributed by atoms with Gasteiger partial charge in [-0.25, -0.2) is 0 Å². The molecule has 60 valence electrons. The Kier molecular flexibility index (Phi) is 2.90. The van der Waals surface area contributed by atoms with Crippen LogP contribution in [0.3, 0.4) is 0 Å². The van der Waals surface area contributed by atoms with Crippen LogP contribution in [0.15, 0.2) is 0 Å². The molecule has 0 bridgehead atoms. The molecule has 0 radical (unpaired) electrons. The molecule has 0 aromatic rings. The fourth-order valence-corrected chi connectivity index (χ4v) is 2.73. The van der Waals surface area contributed by atoms with Gasteiger partial charge in [-0.15, -0.1) is 0 Å². The van der Waals surface area contributed by atoms with E-state index in [-0.39, 0.29) is 0 Å². The van der Waals surface area contributed by atoms with E-state index in [9.17, 15) is 4.21 Å². The summed E-state index contributed by atoms with van der Waals surface area (Å²) < 4.78 is 11.2. The summed E-state index contributed by atoms with van der Waals surface area (Å²) in [5.74, 6) is 3.29. The molecular formula is C8H16OS. The van der Waals surface area contributed by atoms with Crippen LogP contribution in [-0.2, 0) is 10.8 Å². The van der Waals surface area contributed by atoms with Crippen molar-refractivity contribution >= 4 is 10.8 Å². The molecule has 0 aliphatic heterocycles. The van der Waals surface area contributed by atoms with Crippen LogP contribution in [0.5, 0.6) is 0 Å². The zero-order valence-electron chi connectivity index (χ0n) is 6.80. The average Bonchev–Trinajstić information content (AvgIpc) is 2.46. The Morgan fingerprint density at radius 3 is 2.50 bits per heavy atom. The van der Waals surface area contributed by atoms with E-state index in [1.165, 1.54) is 12.8 Å². The Balaban J connectivity index is 2.08. The second-order valence-corrected chi connectivity index (χ2v) is 5.16. The summed E-state index contributed by atoms with van der Waals surface area (Å²) in [7, 11) is -0.518. The molecule has 1 fully saturated rings. The standard InChI is InChI=1S/C8H16OS/c1-7(2)5-10(9)6-8-3-4-8/h7-8H,3-6H2,1-2H3. The maximum atomic E-state index is 11.2. The van der Waals surface area contributed by atoms with Crippen LogP contribution in [-0.4, -0.2) is 15.7 Å². The number of hydrogen-bond acceptors (Lipinski definition) is 1. The van der Waals surface area contributed by atoms with Crippen molar-refractivity contribution in [3.05, 3.63) is 0 Å². The van der Waals surface area contributed by atoms with Crippen LogP contribution in [0.2, 0.25) is 0 Å². The lowest BCUT2D eigenvalue weighted by Gasteiger charge is -2.02. The van der Waals surface area contributed by atoms with Gasteiger partial charge in [-0.1, -0.05) is 13.8 Å². The van der Waals surface area contributed by atoms with Crippen molar-refractivity contribution < 1.29 is 4.21 Å². The summed E-state index contributed by atoms with van der Waals surface area (Å²) in [6, 6.07) is 0. The molecule has 10 heavy (non-hydrogen) atoms. The van der Waals surface area contributed by atoms with E-state index < -0.39 is 10.8 Å². The maximum absolute atomic E-state index is 11.2. The minimum atomic E-state index is -0.518.